The molecule has 0 saturated heterocycles. The van der Waals surface area contributed by atoms with Crippen LogP contribution in [0.5, 0.6) is 0 Å². The third-order valence-electron chi connectivity index (χ3n) is 3.47. The van der Waals surface area contributed by atoms with Crippen molar-refractivity contribution in [3.63, 3.8) is 0 Å². The highest BCUT2D eigenvalue weighted by Crippen LogP contribution is 2.31. The second-order valence-electron chi connectivity index (χ2n) is 4.94. The summed E-state index contributed by atoms with van der Waals surface area (Å²) in [7, 11) is 0. The third-order valence-corrected chi connectivity index (χ3v) is 4.70. The van der Waals surface area contributed by atoms with Crippen molar-refractivity contribution in [2.24, 2.45) is 0 Å². The number of hydrogen-bond acceptors (Lipinski definition) is 3. The molecule has 0 spiro atoms. The summed E-state index contributed by atoms with van der Waals surface area (Å²) in [5, 5.41) is 2.96. The van der Waals surface area contributed by atoms with E-state index in [0.717, 1.165) is 29.0 Å². The highest BCUT2D eigenvalue weighted by molar-refractivity contribution is 7.14. The molecule has 1 amide bonds. The fourth-order valence-electron chi connectivity index (χ4n) is 2.45. The van der Waals surface area contributed by atoms with Gasteiger partial charge in [0.05, 0.1) is 4.88 Å². The number of hydrogen-bond donors (Lipinski definition) is 2. The third kappa shape index (κ3) is 2.36. The molecule has 0 radical (unpaired) electrons. The average molecular weight is 272 g/mol. The van der Waals surface area contributed by atoms with Gasteiger partial charge in [0.2, 0.25) is 0 Å². The van der Waals surface area contributed by atoms with Crippen LogP contribution in [0.1, 0.15) is 32.1 Å². The van der Waals surface area contributed by atoms with E-state index in [1.165, 1.54) is 16.9 Å². The molecule has 0 bridgehead atoms. The predicted octanol–water partition coefficient (Wildman–Crippen LogP) is 3.38. The molecule has 98 valence electrons. The number of nitrogen functional groups attached to an aromatic ring is 1. The SMILES string of the molecule is Cc1cc(N)ccc1NC(=O)c1cc2c(s1)CCC2. The van der Waals surface area contributed by atoms with Crippen molar-refractivity contribution in [1.29, 1.82) is 0 Å². The van der Waals surface area contributed by atoms with Crippen LogP contribution in [-0.4, -0.2) is 5.91 Å². The molecule has 1 aromatic heterocycles. The van der Waals surface area contributed by atoms with E-state index in [9.17, 15) is 4.79 Å². The number of nitrogens with two attached hydrogens (primary N) is 1. The van der Waals surface area contributed by atoms with E-state index in [2.05, 4.69) is 5.32 Å². The molecule has 0 unspecified atom stereocenters. The van der Waals surface area contributed by atoms with Gasteiger partial charge < -0.3 is 11.1 Å². The van der Waals surface area contributed by atoms with Crippen LogP contribution in [0.2, 0.25) is 0 Å². The van der Waals surface area contributed by atoms with Crippen molar-refractivity contribution >= 4 is 28.6 Å². The summed E-state index contributed by atoms with van der Waals surface area (Å²) in [6, 6.07) is 7.56. The van der Waals surface area contributed by atoms with Crippen LogP contribution in [0.3, 0.4) is 0 Å². The molecule has 0 atom stereocenters. The summed E-state index contributed by atoms with van der Waals surface area (Å²) >= 11 is 1.62. The molecule has 0 aliphatic heterocycles. The minimum absolute atomic E-state index is 0.0210. The number of carbonyl (C=O) groups excluding carboxylic acids is 1. The zero-order chi connectivity index (χ0) is 13.4. The molecule has 2 aromatic rings. The van der Waals surface area contributed by atoms with E-state index in [4.69, 9.17) is 5.73 Å². The Balaban J connectivity index is 1.80. The average Bonchev–Trinajstić information content (AvgIpc) is 2.93. The summed E-state index contributed by atoms with van der Waals surface area (Å²) < 4.78 is 0. The second kappa shape index (κ2) is 4.70. The molecule has 1 aliphatic rings. The van der Waals surface area contributed by atoms with Crippen molar-refractivity contribution in [2.45, 2.75) is 26.2 Å². The number of benzene rings is 1. The summed E-state index contributed by atoms with van der Waals surface area (Å²) in [5.41, 5.74) is 9.58. The van der Waals surface area contributed by atoms with Crippen LogP contribution in [0.4, 0.5) is 11.4 Å². The number of fused-ring (bicyclic) bond motifs is 1. The topological polar surface area (TPSA) is 55.1 Å². The Morgan fingerprint density at radius 3 is 2.89 bits per heavy atom. The maximum atomic E-state index is 12.2. The lowest BCUT2D eigenvalue weighted by Crippen LogP contribution is -2.11. The molecule has 1 aliphatic carbocycles. The minimum atomic E-state index is -0.0210. The standard InChI is InChI=1S/C15H16N2OS/c1-9-7-11(16)5-6-12(9)17-15(18)14-8-10-3-2-4-13(10)19-14/h5-8H,2-4,16H2,1H3,(H,17,18). The highest BCUT2D eigenvalue weighted by atomic mass is 32.1. The van der Waals surface area contributed by atoms with Gasteiger partial charge in [-0.1, -0.05) is 0 Å². The van der Waals surface area contributed by atoms with Crippen molar-refractivity contribution in [3.8, 4) is 0 Å². The smallest absolute Gasteiger partial charge is 0.265 e. The molecule has 0 saturated carbocycles. The zero-order valence-electron chi connectivity index (χ0n) is 10.8. The molecular formula is C15H16N2OS. The first kappa shape index (κ1) is 12.2. The van der Waals surface area contributed by atoms with E-state index in [1.807, 2.05) is 25.1 Å². The molecule has 1 heterocycles. The number of nitrogens with one attached hydrogen (secondary N) is 1. The Morgan fingerprint density at radius 1 is 1.32 bits per heavy atom. The molecule has 3 rings (SSSR count). The quantitative estimate of drug-likeness (QED) is 0.823. The molecule has 3 nitrogen and oxygen atoms in total. The largest absolute Gasteiger partial charge is 0.399 e. The highest BCUT2D eigenvalue weighted by Gasteiger charge is 2.18. The van der Waals surface area contributed by atoms with Crippen LogP contribution >= 0.6 is 11.3 Å². The van der Waals surface area contributed by atoms with E-state index < -0.39 is 0 Å². The second-order valence-corrected chi connectivity index (χ2v) is 6.08. The molecule has 3 N–H and O–H groups in total. The van der Waals surface area contributed by atoms with E-state index in [0.29, 0.717) is 5.69 Å². The molecule has 19 heavy (non-hydrogen) atoms. The van der Waals surface area contributed by atoms with Crippen LogP contribution in [0.15, 0.2) is 24.3 Å². The van der Waals surface area contributed by atoms with Gasteiger partial charge in [-0.25, -0.2) is 0 Å². The van der Waals surface area contributed by atoms with Gasteiger partial charge >= 0.3 is 0 Å². The van der Waals surface area contributed by atoms with Crippen molar-refractivity contribution in [1.82, 2.24) is 0 Å². The Bertz CT molecular complexity index is 624. The van der Waals surface area contributed by atoms with E-state index >= 15 is 0 Å². The van der Waals surface area contributed by atoms with Gasteiger partial charge in [-0.15, -0.1) is 11.3 Å². The summed E-state index contributed by atoms with van der Waals surface area (Å²) in [6.45, 7) is 1.94. The summed E-state index contributed by atoms with van der Waals surface area (Å²) in [6.07, 6.45) is 3.45. The normalized spacial score (nSPS) is 13.3. The van der Waals surface area contributed by atoms with Gasteiger partial charge in [-0.2, -0.15) is 0 Å². The van der Waals surface area contributed by atoms with Crippen LogP contribution in [0, 0.1) is 6.92 Å². The Kier molecular flexibility index (Phi) is 3.03. The lowest BCUT2D eigenvalue weighted by atomic mass is 10.2. The number of carbonyl (C=O) groups is 1. The van der Waals surface area contributed by atoms with Gasteiger partial charge in [0.15, 0.2) is 0 Å². The minimum Gasteiger partial charge on any atom is -0.399 e. The van der Waals surface area contributed by atoms with Crippen LogP contribution < -0.4 is 11.1 Å². The Labute approximate surface area is 116 Å². The van der Waals surface area contributed by atoms with Gasteiger partial charge in [0.1, 0.15) is 0 Å². The lowest BCUT2D eigenvalue weighted by Gasteiger charge is -2.08. The lowest BCUT2D eigenvalue weighted by molar-refractivity contribution is 0.103. The fraction of sp³-hybridized carbons (Fsp3) is 0.267. The monoisotopic (exact) mass is 272 g/mol. The van der Waals surface area contributed by atoms with Crippen LogP contribution in [0.25, 0.3) is 0 Å². The van der Waals surface area contributed by atoms with Crippen molar-refractivity contribution in [3.05, 3.63) is 45.1 Å². The summed E-state index contributed by atoms with van der Waals surface area (Å²) in [4.78, 5) is 14.4. The van der Waals surface area contributed by atoms with E-state index in [1.54, 1.807) is 17.4 Å². The Hall–Kier alpha value is -1.81. The van der Waals surface area contributed by atoms with Gasteiger partial charge in [-0.3, -0.25) is 4.79 Å². The molecule has 0 fully saturated rings. The first-order chi connectivity index (χ1) is 9.13. The molecular weight excluding hydrogens is 256 g/mol. The summed E-state index contributed by atoms with van der Waals surface area (Å²) in [5.74, 6) is -0.0210. The van der Waals surface area contributed by atoms with Crippen molar-refractivity contribution in [2.75, 3.05) is 11.1 Å². The van der Waals surface area contributed by atoms with Crippen LogP contribution in [-0.2, 0) is 12.8 Å². The molecule has 1 aromatic carbocycles. The zero-order valence-corrected chi connectivity index (χ0v) is 11.6. The number of aryl methyl sites for hydroxylation is 3. The number of rotatable bonds is 2. The van der Waals surface area contributed by atoms with Gasteiger partial charge in [0.25, 0.3) is 5.91 Å². The van der Waals surface area contributed by atoms with Gasteiger partial charge in [0, 0.05) is 16.3 Å². The van der Waals surface area contributed by atoms with Gasteiger partial charge in [-0.05, 0) is 61.6 Å². The fourth-order valence-corrected chi connectivity index (χ4v) is 3.60. The number of anilines is 2. The van der Waals surface area contributed by atoms with Crippen molar-refractivity contribution < 1.29 is 4.79 Å². The first-order valence-electron chi connectivity index (χ1n) is 6.42. The Morgan fingerprint density at radius 2 is 2.16 bits per heavy atom. The predicted molar refractivity (Wildman–Crippen MR) is 79.9 cm³/mol. The first-order valence-corrected chi connectivity index (χ1v) is 7.24. The maximum Gasteiger partial charge on any atom is 0.265 e. The molecule has 4 heteroatoms. The maximum absolute atomic E-state index is 12.2. The number of thiophene rings is 1. The van der Waals surface area contributed by atoms with E-state index in [-0.39, 0.29) is 5.91 Å². The number of amides is 1.